The van der Waals surface area contributed by atoms with Crippen molar-refractivity contribution in [3.63, 3.8) is 0 Å². The smallest absolute Gasteiger partial charge is 0.349 e. The number of hydrogen-bond donors (Lipinski definition) is 1. The van der Waals surface area contributed by atoms with Crippen molar-refractivity contribution in [3.8, 4) is 0 Å². The molecule has 3 rings (SSSR count). The topological polar surface area (TPSA) is 92.8 Å². The van der Waals surface area contributed by atoms with Crippen LogP contribution in [0.25, 0.3) is 0 Å². The van der Waals surface area contributed by atoms with E-state index in [-0.39, 0.29) is 4.90 Å². The molecule has 0 unspecified atom stereocenters. The van der Waals surface area contributed by atoms with Crippen LogP contribution < -0.4 is 5.32 Å². The molecule has 1 aromatic heterocycles. The molecule has 28 heavy (non-hydrogen) atoms. The maximum Gasteiger partial charge on any atom is 0.349 e. The van der Waals surface area contributed by atoms with Crippen molar-refractivity contribution in [2.45, 2.75) is 31.1 Å². The Labute approximate surface area is 168 Å². The molecule has 2 aromatic rings. The summed E-state index contributed by atoms with van der Waals surface area (Å²) >= 11 is 1.26. The lowest BCUT2D eigenvalue weighted by molar-refractivity contribution is -0.119. The van der Waals surface area contributed by atoms with E-state index in [1.165, 1.54) is 39.9 Å². The maximum absolute atomic E-state index is 12.6. The minimum atomic E-state index is -3.51. The van der Waals surface area contributed by atoms with Crippen LogP contribution in [-0.4, -0.2) is 44.3 Å². The summed E-state index contributed by atoms with van der Waals surface area (Å²) in [6.07, 6.45) is 2.79. The summed E-state index contributed by atoms with van der Waals surface area (Å²) in [5, 5.41) is 4.38. The van der Waals surface area contributed by atoms with Crippen molar-refractivity contribution < 1.29 is 22.7 Å². The summed E-state index contributed by atoms with van der Waals surface area (Å²) in [7, 11) is -3.51. The van der Waals surface area contributed by atoms with Gasteiger partial charge in [-0.05, 0) is 61.0 Å². The van der Waals surface area contributed by atoms with E-state index in [4.69, 9.17) is 4.74 Å². The first-order chi connectivity index (χ1) is 13.4. The van der Waals surface area contributed by atoms with Gasteiger partial charge in [0.05, 0.1) is 4.90 Å². The summed E-state index contributed by atoms with van der Waals surface area (Å²) in [5.74, 6) is -1.03. The third-order valence-corrected chi connectivity index (χ3v) is 7.38. The number of piperidine rings is 1. The molecule has 1 amide bonds. The van der Waals surface area contributed by atoms with Crippen LogP contribution in [0, 0.1) is 6.92 Å². The predicted octanol–water partition coefficient (Wildman–Crippen LogP) is 3.03. The van der Waals surface area contributed by atoms with Gasteiger partial charge in [0.25, 0.3) is 5.91 Å². The predicted molar refractivity (Wildman–Crippen MR) is 107 cm³/mol. The van der Waals surface area contributed by atoms with Crippen molar-refractivity contribution in [3.05, 3.63) is 46.2 Å². The Balaban J connectivity index is 1.55. The van der Waals surface area contributed by atoms with Gasteiger partial charge in [-0.15, -0.1) is 11.3 Å². The molecule has 0 aliphatic carbocycles. The molecule has 1 aromatic carbocycles. The molecule has 9 heteroatoms. The van der Waals surface area contributed by atoms with Crippen LogP contribution in [-0.2, 0) is 19.6 Å². The van der Waals surface area contributed by atoms with Gasteiger partial charge in [0.1, 0.15) is 4.88 Å². The highest BCUT2D eigenvalue weighted by atomic mass is 32.2. The molecule has 0 bridgehead atoms. The number of esters is 1. The maximum atomic E-state index is 12.6. The third kappa shape index (κ3) is 4.78. The van der Waals surface area contributed by atoms with Gasteiger partial charge in [-0.2, -0.15) is 4.31 Å². The minimum absolute atomic E-state index is 0.201. The van der Waals surface area contributed by atoms with Crippen LogP contribution in [0.1, 0.15) is 34.5 Å². The van der Waals surface area contributed by atoms with Crippen molar-refractivity contribution in [1.29, 1.82) is 0 Å². The molecular weight excluding hydrogens is 400 g/mol. The molecule has 0 saturated carbocycles. The van der Waals surface area contributed by atoms with Crippen LogP contribution in [0.15, 0.2) is 40.6 Å². The Hall–Kier alpha value is -2.23. The number of nitrogens with one attached hydrogen (secondary N) is 1. The van der Waals surface area contributed by atoms with E-state index in [9.17, 15) is 18.0 Å². The summed E-state index contributed by atoms with van der Waals surface area (Å²) in [4.78, 5) is 24.6. The molecule has 1 saturated heterocycles. The molecule has 1 aliphatic heterocycles. The Morgan fingerprint density at radius 3 is 2.39 bits per heavy atom. The van der Waals surface area contributed by atoms with Crippen LogP contribution in [0.4, 0.5) is 5.69 Å². The van der Waals surface area contributed by atoms with Gasteiger partial charge in [0.15, 0.2) is 6.61 Å². The molecule has 150 valence electrons. The molecule has 1 fully saturated rings. The molecular formula is C19H22N2O5S2. The molecule has 0 spiro atoms. The molecule has 1 N–H and O–H groups in total. The van der Waals surface area contributed by atoms with Crippen molar-refractivity contribution >= 4 is 38.9 Å². The number of hydrogen-bond acceptors (Lipinski definition) is 6. The first-order valence-electron chi connectivity index (χ1n) is 8.99. The van der Waals surface area contributed by atoms with Gasteiger partial charge in [-0.1, -0.05) is 6.42 Å². The van der Waals surface area contributed by atoms with Gasteiger partial charge in [0.2, 0.25) is 10.0 Å². The first-order valence-corrected chi connectivity index (χ1v) is 11.3. The number of carbonyl (C=O) groups is 2. The third-order valence-electron chi connectivity index (χ3n) is 4.47. The average molecular weight is 423 g/mol. The fourth-order valence-corrected chi connectivity index (χ4v) is 5.27. The lowest BCUT2D eigenvalue weighted by Crippen LogP contribution is -2.35. The van der Waals surface area contributed by atoms with E-state index in [0.717, 1.165) is 24.8 Å². The zero-order valence-electron chi connectivity index (χ0n) is 15.5. The summed E-state index contributed by atoms with van der Waals surface area (Å²) in [6.45, 7) is 2.46. The summed E-state index contributed by atoms with van der Waals surface area (Å²) in [5.41, 5.74) is 1.24. The Kier molecular flexibility index (Phi) is 6.48. The van der Waals surface area contributed by atoms with Crippen molar-refractivity contribution in [2.75, 3.05) is 25.0 Å². The standard InChI is InChI=1S/C19H22N2O5S2/c1-14-9-12-27-18(14)19(23)26-13-17(22)20-15-5-7-16(8-6-15)28(24,25)21-10-3-2-4-11-21/h5-9,12H,2-4,10-11,13H2,1H3,(H,20,22). The number of thiophene rings is 1. The number of carbonyl (C=O) groups excluding carboxylic acids is 2. The number of amides is 1. The van der Waals surface area contributed by atoms with E-state index in [1.54, 1.807) is 18.4 Å². The fraction of sp³-hybridized carbons (Fsp3) is 0.368. The van der Waals surface area contributed by atoms with E-state index < -0.39 is 28.5 Å². The molecule has 2 heterocycles. The van der Waals surface area contributed by atoms with Crippen molar-refractivity contribution in [2.24, 2.45) is 0 Å². The second kappa shape index (κ2) is 8.85. The number of benzene rings is 1. The number of rotatable bonds is 6. The van der Waals surface area contributed by atoms with Crippen LogP contribution in [0.3, 0.4) is 0 Å². The SMILES string of the molecule is Cc1ccsc1C(=O)OCC(=O)Nc1ccc(S(=O)(=O)N2CCCCC2)cc1. The Bertz CT molecular complexity index is 945. The van der Waals surface area contributed by atoms with E-state index >= 15 is 0 Å². The minimum Gasteiger partial charge on any atom is -0.451 e. The number of aryl methyl sites for hydroxylation is 1. The zero-order chi connectivity index (χ0) is 20.1. The second-order valence-corrected chi connectivity index (χ2v) is 9.40. The zero-order valence-corrected chi connectivity index (χ0v) is 17.1. The van der Waals surface area contributed by atoms with Crippen molar-refractivity contribution in [1.82, 2.24) is 4.31 Å². The number of ether oxygens (including phenoxy) is 1. The molecule has 7 nitrogen and oxygen atoms in total. The van der Waals surface area contributed by atoms with Gasteiger partial charge >= 0.3 is 5.97 Å². The molecule has 0 atom stereocenters. The quantitative estimate of drug-likeness (QED) is 0.723. The highest BCUT2D eigenvalue weighted by Gasteiger charge is 2.25. The van der Waals surface area contributed by atoms with E-state index in [2.05, 4.69) is 5.32 Å². The van der Waals surface area contributed by atoms with Gasteiger partial charge in [-0.3, -0.25) is 4.79 Å². The summed E-state index contributed by atoms with van der Waals surface area (Å²) in [6, 6.07) is 7.81. The average Bonchev–Trinajstić information content (AvgIpc) is 3.13. The second-order valence-electron chi connectivity index (χ2n) is 6.55. The van der Waals surface area contributed by atoms with Crippen LogP contribution >= 0.6 is 11.3 Å². The van der Waals surface area contributed by atoms with Crippen LogP contribution in [0.2, 0.25) is 0 Å². The molecule has 0 radical (unpaired) electrons. The monoisotopic (exact) mass is 422 g/mol. The Morgan fingerprint density at radius 2 is 1.79 bits per heavy atom. The Morgan fingerprint density at radius 1 is 1.11 bits per heavy atom. The highest BCUT2D eigenvalue weighted by molar-refractivity contribution is 7.89. The largest absolute Gasteiger partial charge is 0.451 e. The highest BCUT2D eigenvalue weighted by Crippen LogP contribution is 2.22. The van der Waals surface area contributed by atoms with Gasteiger partial charge in [-0.25, -0.2) is 13.2 Å². The van der Waals surface area contributed by atoms with Gasteiger partial charge in [0, 0.05) is 18.8 Å². The normalized spacial score (nSPS) is 15.2. The number of sulfonamides is 1. The van der Waals surface area contributed by atoms with E-state index in [0.29, 0.717) is 23.7 Å². The lowest BCUT2D eigenvalue weighted by atomic mass is 10.2. The molecule has 1 aliphatic rings. The lowest BCUT2D eigenvalue weighted by Gasteiger charge is -2.25. The number of nitrogens with zero attached hydrogens (tertiary/aromatic N) is 1. The van der Waals surface area contributed by atoms with Crippen LogP contribution in [0.5, 0.6) is 0 Å². The van der Waals surface area contributed by atoms with E-state index in [1.807, 2.05) is 0 Å². The first kappa shape index (κ1) is 20.5. The summed E-state index contributed by atoms with van der Waals surface area (Å²) < 4.78 is 31.8. The number of anilines is 1. The fourth-order valence-electron chi connectivity index (χ4n) is 2.94. The van der Waals surface area contributed by atoms with Gasteiger partial charge < -0.3 is 10.1 Å².